The topological polar surface area (TPSA) is 30.5 Å². The molecule has 0 aliphatic heterocycles. The van der Waals surface area contributed by atoms with E-state index in [9.17, 15) is 0 Å². The van der Waals surface area contributed by atoms with Crippen LogP contribution in [0.5, 0.6) is 11.5 Å². The summed E-state index contributed by atoms with van der Waals surface area (Å²) in [7, 11) is 3.34. The van der Waals surface area contributed by atoms with Crippen molar-refractivity contribution in [3.8, 4) is 11.5 Å². The second-order valence-corrected chi connectivity index (χ2v) is 5.23. The average molecular weight is 336 g/mol. The van der Waals surface area contributed by atoms with Gasteiger partial charge in [-0.3, -0.25) is 0 Å². The van der Waals surface area contributed by atoms with Crippen molar-refractivity contribution >= 4 is 21.6 Å². The summed E-state index contributed by atoms with van der Waals surface area (Å²) in [4.78, 5) is 0. The minimum Gasteiger partial charge on any atom is -0.497 e. The van der Waals surface area contributed by atoms with Crippen LogP contribution >= 0.6 is 15.9 Å². The van der Waals surface area contributed by atoms with Crippen molar-refractivity contribution in [3.05, 3.63) is 52.5 Å². The van der Waals surface area contributed by atoms with Crippen LogP contribution < -0.4 is 14.8 Å². The Balaban J connectivity index is 1.87. The molecule has 0 saturated carbocycles. The highest BCUT2D eigenvalue weighted by molar-refractivity contribution is 9.10. The lowest BCUT2D eigenvalue weighted by Gasteiger charge is -2.09. The van der Waals surface area contributed by atoms with Crippen LogP contribution in [0.4, 0.5) is 5.69 Å². The highest BCUT2D eigenvalue weighted by Gasteiger charge is 2.01. The van der Waals surface area contributed by atoms with Gasteiger partial charge in [0.1, 0.15) is 11.5 Å². The Kier molecular flexibility index (Phi) is 5.30. The zero-order chi connectivity index (χ0) is 14.4. The van der Waals surface area contributed by atoms with Gasteiger partial charge in [-0.2, -0.15) is 0 Å². The molecule has 0 aliphatic rings. The lowest BCUT2D eigenvalue weighted by Crippen LogP contribution is -2.04. The van der Waals surface area contributed by atoms with E-state index in [1.807, 2.05) is 30.3 Å². The second kappa shape index (κ2) is 7.20. The zero-order valence-corrected chi connectivity index (χ0v) is 13.2. The lowest BCUT2D eigenvalue weighted by molar-refractivity contribution is 0.412. The number of anilines is 1. The molecule has 0 bridgehead atoms. The third-order valence-electron chi connectivity index (χ3n) is 3.05. The Morgan fingerprint density at radius 2 is 1.75 bits per heavy atom. The number of nitrogens with one attached hydrogen (secondary N) is 1. The summed E-state index contributed by atoms with van der Waals surface area (Å²) in [6, 6.07) is 14.1. The van der Waals surface area contributed by atoms with Gasteiger partial charge in [0.2, 0.25) is 0 Å². The average Bonchev–Trinajstić information content (AvgIpc) is 2.48. The predicted octanol–water partition coefficient (Wildman–Crippen LogP) is 4.12. The minimum absolute atomic E-state index is 0.839. The number of benzene rings is 2. The minimum atomic E-state index is 0.839. The molecule has 2 aromatic carbocycles. The summed E-state index contributed by atoms with van der Waals surface area (Å²) in [5.41, 5.74) is 2.36. The SMILES string of the molecule is COc1ccc(CCNc2ccc(OC)c(Br)c2)cc1. The van der Waals surface area contributed by atoms with Crippen LogP contribution in [0.3, 0.4) is 0 Å². The molecular formula is C16H18BrNO2. The first kappa shape index (κ1) is 14.7. The maximum absolute atomic E-state index is 5.21. The first-order valence-electron chi connectivity index (χ1n) is 6.43. The molecule has 2 rings (SSSR count). The van der Waals surface area contributed by atoms with Gasteiger partial charge in [-0.1, -0.05) is 12.1 Å². The molecule has 0 unspecified atom stereocenters. The smallest absolute Gasteiger partial charge is 0.133 e. The largest absolute Gasteiger partial charge is 0.497 e. The first-order valence-corrected chi connectivity index (χ1v) is 7.22. The summed E-state index contributed by atoms with van der Waals surface area (Å²) >= 11 is 3.48. The van der Waals surface area contributed by atoms with Crippen LogP contribution in [0.25, 0.3) is 0 Å². The lowest BCUT2D eigenvalue weighted by atomic mass is 10.1. The van der Waals surface area contributed by atoms with Gasteiger partial charge in [0.15, 0.2) is 0 Å². The molecule has 0 fully saturated rings. The van der Waals surface area contributed by atoms with Crippen LogP contribution in [0.15, 0.2) is 46.9 Å². The van der Waals surface area contributed by atoms with E-state index in [4.69, 9.17) is 9.47 Å². The Morgan fingerprint density at radius 3 is 2.35 bits per heavy atom. The monoisotopic (exact) mass is 335 g/mol. The number of ether oxygens (including phenoxy) is 2. The van der Waals surface area contributed by atoms with E-state index in [0.717, 1.165) is 34.6 Å². The van der Waals surface area contributed by atoms with Crippen LogP contribution in [0, 0.1) is 0 Å². The Labute approximate surface area is 128 Å². The van der Waals surface area contributed by atoms with Gasteiger partial charge in [0, 0.05) is 12.2 Å². The van der Waals surface area contributed by atoms with Crippen LogP contribution in [-0.2, 0) is 6.42 Å². The van der Waals surface area contributed by atoms with E-state index in [1.54, 1.807) is 14.2 Å². The molecule has 0 aliphatic carbocycles. The fourth-order valence-corrected chi connectivity index (χ4v) is 2.46. The number of rotatable bonds is 6. The molecule has 0 radical (unpaired) electrons. The predicted molar refractivity (Wildman–Crippen MR) is 85.9 cm³/mol. The van der Waals surface area contributed by atoms with E-state index in [2.05, 4.69) is 33.4 Å². The van der Waals surface area contributed by atoms with E-state index >= 15 is 0 Å². The van der Waals surface area contributed by atoms with Crippen LogP contribution in [0.2, 0.25) is 0 Å². The van der Waals surface area contributed by atoms with Crippen molar-refractivity contribution in [3.63, 3.8) is 0 Å². The van der Waals surface area contributed by atoms with Gasteiger partial charge in [0.05, 0.1) is 18.7 Å². The maximum atomic E-state index is 5.21. The first-order chi connectivity index (χ1) is 9.72. The Morgan fingerprint density at radius 1 is 1.00 bits per heavy atom. The summed E-state index contributed by atoms with van der Waals surface area (Å²) in [6.45, 7) is 0.880. The summed E-state index contributed by atoms with van der Waals surface area (Å²) in [5, 5.41) is 3.40. The maximum Gasteiger partial charge on any atom is 0.133 e. The molecule has 106 valence electrons. The molecule has 0 amide bonds. The second-order valence-electron chi connectivity index (χ2n) is 4.37. The standard InChI is InChI=1S/C16H18BrNO2/c1-19-14-6-3-12(4-7-14)9-10-18-13-5-8-16(20-2)15(17)11-13/h3-8,11,18H,9-10H2,1-2H3. The highest BCUT2D eigenvalue weighted by atomic mass is 79.9. The molecule has 0 aromatic heterocycles. The quantitative estimate of drug-likeness (QED) is 0.861. The van der Waals surface area contributed by atoms with Crippen molar-refractivity contribution in [2.75, 3.05) is 26.1 Å². The zero-order valence-electron chi connectivity index (χ0n) is 11.7. The van der Waals surface area contributed by atoms with E-state index in [-0.39, 0.29) is 0 Å². The van der Waals surface area contributed by atoms with Crippen LogP contribution in [-0.4, -0.2) is 20.8 Å². The summed E-state index contributed by atoms with van der Waals surface area (Å²) in [5.74, 6) is 1.73. The Hall–Kier alpha value is -1.68. The summed E-state index contributed by atoms with van der Waals surface area (Å²) in [6.07, 6.45) is 0.966. The molecule has 1 N–H and O–H groups in total. The van der Waals surface area contributed by atoms with E-state index in [1.165, 1.54) is 5.56 Å². The van der Waals surface area contributed by atoms with Gasteiger partial charge in [-0.05, 0) is 58.2 Å². The van der Waals surface area contributed by atoms with Gasteiger partial charge < -0.3 is 14.8 Å². The molecule has 0 saturated heterocycles. The molecular weight excluding hydrogens is 318 g/mol. The number of hydrogen-bond acceptors (Lipinski definition) is 3. The summed E-state index contributed by atoms with van der Waals surface area (Å²) < 4.78 is 11.3. The van der Waals surface area contributed by atoms with Crippen molar-refractivity contribution in [1.82, 2.24) is 0 Å². The van der Waals surface area contributed by atoms with Crippen molar-refractivity contribution < 1.29 is 9.47 Å². The molecule has 0 heterocycles. The third kappa shape index (κ3) is 3.90. The highest BCUT2D eigenvalue weighted by Crippen LogP contribution is 2.27. The molecule has 0 atom stereocenters. The van der Waals surface area contributed by atoms with Crippen LogP contribution in [0.1, 0.15) is 5.56 Å². The third-order valence-corrected chi connectivity index (χ3v) is 3.67. The molecule has 3 nitrogen and oxygen atoms in total. The fraction of sp³-hybridized carbons (Fsp3) is 0.250. The normalized spacial score (nSPS) is 10.2. The van der Waals surface area contributed by atoms with E-state index in [0.29, 0.717) is 0 Å². The molecule has 4 heteroatoms. The van der Waals surface area contributed by atoms with Gasteiger partial charge in [-0.25, -0.2) is 0 Å². The number of hydrogen-bond donors (Lipinski definition) is 1. The molecule has 0 spiro atoms. The molecule has 20 heavy (non-hydrogen) atoms. The number of methoxy groups -OCH3 is 2. The van der Waals surface area contributed by atoms with Gasteiger partial charge in [-0.15, -0.1) is 0 Å². The molecule has 2 aromatic rings. The Bertz CT molecular complexity index is 555. The van der Waals surface area contributed by atoms with Crippen molar-refractivity contribution in [2.24, 2.45) is 0 Å². The number of halogens is 1. The van der Waals surface area contributed by atoms with Gasteiger partial charge in [0.25, 0.3) is 0 Å². The fourth-order valence-electron chi connectivity index (χ4n) is 1.92. The van der Waals surface area contributed by atoms with Crippen molar-refractivity contribution in [1.29, 1.82) is 0 Å². The van der Waals surface area contributed by atoms with E-state index < -0.39 is 0 Å². The van der Waals surface area contributed by atoms with Gasteiger partial charge >= 0.3 is 0 Å². The van der Waals surface area contributed by atoms with Crippen molar-refractivity contribution in [2.45, 2.75) is 6.42 Å².